The number of alkyl halides is 3. The van der Waals surface area contributed by atoms with Crippen molar-refractivity contribution in [2.75, 3.05) is 5.32 Å². The molecular weight excluding hydrogens is 450 g/mol. The molecule has 3 N–H and O–H groups in total. The second kappa shape index (κ2) is 7.60. The van der Waals surface area contributed by atoms with Crippen molar-refractivity contribution in [2.24, 2.45) is 0 Å². The number of allylic oxidation sites excluding steroid dienone is 1. The Morgan fingerprint density at radius 2 is 2.00 bits per heavy atom. The fraction of sp³-hybridized carbons (Fsp3) is 0.273. The van der Waals surface area contributed by atoms with Crippen molar-refractivity contribution < 1.29 is 27.8 Å². The molecule has 0 fully saturated rings. The first-order valence-corrected chi connectivity index (χ1v) is 9.99. The molecule has 2 aromatic carbocycles. The minimum atomic E-state index is -5.02. The minimum Gasteiger partial charge on any atom is -0.506 e. The Labute approximate surface area is 185 Å². The van der Waals surface area contributed by atoms with Gasteiger partial charge in [-0.2, -0.15) is 13.2 Å². The van der Waals surface area contributed by atoms with Gasteiger partial charge in [-0.1, -0.05) is 17.7 Å². The first-order valence-electron chi connectivity index (χ1n) is 9.61. The summed E-state index contributed by atoms with van der Waals surface area (Å²) in [7, 11) is 0. The topological polar surface area (TPSA) is 78.3 Å². The van der Waals surface area contributed by atoms with E-state index in [0.29, 0.717) is 11.4 Å². The third kappa shape index (κ3) is 3.45. The van der Waals surface area contributed by atoms with Crippen molar-refractivity contribution >= 4 is 33.8 Å². The number of aromatic hydroxyl groups is 1. The molecular formula is C22H18ClF4N3O2. The van der Waals surface area contributed by atoms with Crippen LogP contribution in [0.25, 0.3) is 16.5 Å². The summed E-state index contributed by atoms with van der Waals surface area (Å²) in [6, 6.07) is 3.09. The van der Waals surface area contributed by atoms with Crippen LogP contribution in [0.4, 0.5) is 23.2 Å². The lowest BCUT2D eigenvalue weighted by atomic mass is 9.73. The Bertz CT molecular complexity index is 1260. The predicted molar refractivity (Wildman–Crippen MR) is 113 cm³/mol. The van der Waals surface area contributed by atoms with Crippen LogP contribution in [-0.2, 0) is 0 Å². The van der Waals surface area contributed by atoms with Crippen LogP contribution in [0.2, 0.25) is 5.02 Å². The van der Waals surface area contributed by atoms with Gasteiger partial charge in [-0.25, -0.2) is 14.4 Å². The standard InChI is InChI=1S/C22H18ClF4N3O2/c1-3-11-8-21(32,22(25,26)27)20(13-6-15(23)18(31)7-12(11)13)30-17-5-4-16(24)19-14(17)9-28-10(2)29-19/h3-7,9,20,30-32H,8H2,1-2H3. The molecule has 2 atom stereocenters. The van der Waals surface area contributed by atoms with Crippen LogP contribution in [0, 0.1) is 12.7 Å². The molecule has 5 nitrogen and oxygen atoms in total. The van der Waals surface area contributed by atoms with Crippen molar-refractivity contribution in [2.45, 2.75) is 38.1 Å². The lowest BCUT2D eigenvalue weighted by molar-refractivity contribution is -0.265. The molecule has 0 saturated carbocycles. The summed E-state index contributed by atoms with van der Waals surface area (Å²) < 4.78 is 56.9. The number of nitrogens with one attached hydrogen (secondary N) is 1. The number of aliphatic hydroxyl groups is 1. The van der Waals surface area contributed by atoms with Gasteiger partial charge in [0.25, 0.3) is 0 Å². The molecule has 0 saturated heterocycles. The number of phenols is 1. The fourth-order valence-electron chi connectivity index (χ4n) is 4.01. The molecule has 3 aromatic rings. The van der Waals surface area contributed by atoms with Gasteiger partial charge in [0.1, 0.15) is 22.9 Å². The molecule has 0 aliphatic heterocycles. The van der Waals surface area contributed by atoms with Crippen molar-refractivity contribution in [3.8, 4) is 5.75 Å². The second-order valence-corrected chi connectivity index (χ2v) is 8.06. The number of nitrogens with zero attached hydrogens (tertiary/aromatic N) is 2. The van der Waals surface area contributed by atoms with Crippen LogP contribution in [-0.4, -0.2) is 32.0 Å². The number of hydrogen-bond acceptors (Lipinski definition) is 5. The summed E-state index contributed by atoms with van der Waals surface area (Å²) in [5, 5.41) is 23.7. The Morgan fingerprint density at radius 3 is 2.66 bits per heavy atom. The van der Waals surface area contributed by atoms with E-state index >= 15 is 0 Å². The van der Waals surface area contributed by atoms with Gasteiger partial charge in [-0.15, -0.1) is 0 Å². The lowest BCUT2D eigenvalue weighted by Crippen LogP contribution is -2.54. The number of aryl methyl sites for hydroxylation is 1. The van der Waals surface area contributed by atoms with Gasteiger partial charge in [-0.05, 0) is 54.8 Å². The van der Waals surface area contributed by atoms with Crippen LogP contribution in [0.1, 0.15) is 36.3 Å². The Morgan fingerprint density at radius 1 is 1.28 bits per heavy atom. The molecule has 0 bridgehead atoms. The van der Waals surface area contributed by atoms with Crippen LogP contribution in [0.15, 0.2) is 36.5 Å². The van der Waals surface area contributed by atoms with E-state index in [2.05, 4.69) is 15.3 Å². The maximum absolute atomic E-state index is 14.3. The highest BCUT2D eigenvalue weighted by Gasteiger charge is 2.61. The van der Waals surface area contributed by atoms with Gasteiger partial charge in [-0.3, -0.25) is 0 Å². The summed E-state index contributed by atoms with van der Waals surface area (Å²) in [6.07, 6.45) is -3.03. The van der Waals surface area contributed by atoms with E-state index in [0.717, 1.165) is 6.07 Å². The first-order chi connectivity index (χ1) is 15.0. The maximum Gasteiger partial charge on any atom is 0.419 e. The molecule has 2 unspecified atom stereocenters. The normalized spacial score (nSPS) is 22.2. The zero-order chi connectivity index (χ0) is 23.4. The number of rotatable bonds is 2. The van der Waals surface area contributed by atoms with Gasteiger partial charge in [0.15, 0.2) is 5.60 Å². The number of anilines is 1. The molecule has 1 heterocycles. The SMILES string of the molecule is CC=C1CC(O)(C(F)(F)F)C(Nc2ccc(F)c3nc(C)ncc23)c2cc(Cl)c(O)cc21. The average molecular weight is 468 g/mol. The van der Waals surface area contributed by atoms with Crippen LogP contribution in [0.3, 0.4) is 0 Å². The number of aromatic nitrogens is 2. The zero-order valence-corrected chi connectivity index (χ0v) is 17.7. The summed E-state index contributed by atoms with van der Waals surface area (Å²) in [4.78, 5) is 8.05. The van der Waals surface area contributed by atoms with E-state index in [1.54, 1.807) is 13.8 Å². The van der Waals surface area contributed by atoms with E-state index in [9.17, 15) is 27.8 Å². The molecule has 168 valence electrons. The van der Waals surface area contributed by atoms with Crippen LogP contribution in [0.5, 0.6) is 5.75 Å². The predicted octanol–water partition coefficient (Wildman–Crippen LogP) is 5.69. The van der Waals surface area contributed by atoms with Crippen molar-refractivity contribution in [3.05, 3.63) is 64.3 Å². The Hall–Kier alpha value is -2.91. The van der Waals surface area contributed by atoms with Gasteiger partial charge in [0.05, 0.1) is 11.1 Å². The maximum atomic E-state index is 14.3. The molecule has 0 radical (unpaired) electrons. The molecule has 0 amide bonds. The van der Waals surface area contributed by atoms with E-state index < -0.39 is 30.1 Å². The fourth-order valence-corrected chi connectivity index (χ4v) is 4.19. The number of phenolic OH excluding ortho intramolecular Hbond substituents is 1. The smallest absolute Gasteiger partial charge is 0.419 e. The molecule has 1 aromatic heterocycles. The Balaban J connectivity index is 1.96. The van der Waals surface area contributed by atoms with E-state index in [1.807, 2.05) is 0 Å². The van der Waals surface area contributed by atoms with Crippen LogP contribution < -0.4 is 5.32 Å². The number of benzene rings is 2. The summed E-state index contributed by atoms with van der Waals surface area (Å²) in [5.41, 5.74) is -2.61. The third-order valence-electron chi connectivity index (χ3n) is 5.67. The molecule has 32 heavy (non-hydrogen) atoms. The number of hydrogen-bond donors (Lipinski definition) is 3. The van der Waals surface area contributed by atoms with Gasteiger partial charge in [0.2, 0.25) is 0 Å². The third-order valence-corrected chi connectivity index (χ3v) is 5.98. The molecule has 4 rings (SSSR count). The minimum absolute atomic E-state index is 0.0393. The molecule has 1 aliphatic rings. The molecule has 1 aliphatic carbocycles. The molecule has 0 spiro atoms. The Kier molecular flexibility index (Phi) is 5.29. The van der Waals surface area contributed by atoms with Gasteiger partial charge >= 0.3 is 6.18 Å². The highest BCUT2D eigenvalue weighted by molar-refractivity contribution is 6.32. The van der Waals surface area contributed by atoms with Gasteiger partial charge < -0.3 is 15.5 Å². The van der Waals surface area contributed by atoms with E-state index in [4.69, 9.17) is 11.6 Å². The zero-order valence-electron chi connectivity index (χ0n) is 16.9. The summed E-state index contributed by atoms with van der Waals surface area (Å²) in [5.74, 6) is -0.657. The summed E-state index contributed by atoms with van der Waals surface area (Å²) in [6.45, 7) is 3.11. The van der Waals surface area contributed by atoms with Crippen molar-refractivity contribution in [1.29, 1.82) is 0 Å². The molecule has 10 heteroatoms. The first kappa shape index (κ1) is 22.3. The average Bonchev–Trinajstić information content (AvgIpc) is 2.72. The lowest BCUT2D eigenvalue weighted by Gasteiger charge is -2.44. The quantitative estimate of drug-likeness (QED) is 0.422. The van der Waals surface area contributed by atoms with Crippen LogP contribution >= 0.6 is 11.6 Å². The number of halogens is 5. The number of fused-ring (bicyclic) bond motifs is 2. The van der Waals surface area contributed by atoms with E-state index in [1.165, 1.54) is 30.5 Å². The highest BCUT2D eigenvalue weighted by atomic mass is 35.5. The monoisotopic (exact) mass is 467 g/mol. The highest BCUT2D eigenvalue weighted by Crippen LogP contribution is 2.53. The second-order valence-electron chi connectivity index (χ2n) is 7.66. The summed E-state index contributed by atoms with van der Waals surface area (Å²) >= 11 is 6.02. The van der Waals surface area contributed by atoms with Crippen molar-refractivity contribution in [3.63, 3.8) is 0 Å². The van der Waals surface area contributed by atoms with E-state index in [-0.39, 0.29) is 38.5 Å². The van der Waals surface area contributed by atoms with Gasteiger partial charge in [0, 0.05) is 23.7 Å². The largest absolute Gasteiger partial charge is 0.506 e. The van der Waals surface area contributed by atoms with Crippen molar-refractivity contribution in [1.82, 2.24) is 9.97 Å².